The van der Waals surface area contributed by atoms with Crippen LogP contribution in [0, 0.1) is 6.92 Å². The Balaban J connectivity index is 1.70. The van der Waals surface area contributed by atoms with Crippen molar-refractivity contribution in [2.24, 2.45) is 0 Å². The maximum absolute atomic E-state index is 12.9. The summed E-state index contributed by atoms with van der Waals surface area (Å²) in [7, 11) is 0. The summed E-state index contributed by atoms with van der Waals surface area (Å²) in [6.07, 6.45) is 0. The Morgan fingerprint density at radius 3 is 2.68 bits per heavy atom. The predicted molar refractivity (Wildman–Crippen MR) is 110 cm³/mol. The molecule has 6 nitrogen and oxygen atoms in total. The lowest BCUT2D eigenvalue weighted by molar-refractivity contribution is 0.0998. The fourth-order valence-corrected chi connectivity index (χ4v) is 3.37. The number of carbonyl (C=O) groups excluding carboxylic acids is 1. The van der Waals surface area contributed by atoms with Gasteiger partial charge in [-0.3, -0.25) is 4.79 Å². The highest BCUT2D eigenvalue weighted by atomic mass is 79.9. The van der Waals surface area contributed by atoms with E-state index in [9.17, 15) is 4.79 Å². The summed E-state index contributed by atoms with van der Waals surface area (Å²) in [5.41, 5.74) is 2.81. The third-order valence-corrected chi connectivity index (χ3v) is 5.04. The summed E-state index contributed by atoms with van der Waals surface area (Å²) in [4.78, 5) is 17.3. The first kappa shape index (κ1) is 18.4. The number of aryl methyl sites for hydroxylation is 1. The molecule has 0 atom stereocenters. The quantitative estimate of drug-likeness (QED) is 0.426. The SMILES string of the molecule is Cc1cccc(-c2nc(C(C)C)no2)c1NC(=O)c1cc2cccc(Br)c2o1. The molecule has 0 aliphatic carbocycles. The van der Waals surface area contributed by atoms with E-state index in [0.717, 1.165) is 15.4 Å². The number of benzene rings is 2. The van der Waals surface area contributed by atoms with Crippen LogP contribution in [0.15, 0.2) is 55.9 Å². The number of aromatic nitrogens is 2. The van der Waals surface area contributed by atoms with Gasteiger partial charge in [-0.2, -0.15) is 4.98 Å². The van der Waals surface area contributed by atoms with Gasteiger partial charge in [0, 0.05) is 11.3 Å². The van der Waals surface area contributed by atoms with Crippen molar-refractivity contribution in [3.05, 3.63) is 64.1 Å². The first-order valence-corrected chi connectivity index (χ1v) is 9.66. The molecule has 0 unspecified atom stereocenters. The largest absolute Gasteiger partial charge is 0.450 e. The number of nitrogens with zero attached hydrogens (tertiary/aromatic N) is 2. The number of carbonyl (C=O) groups is 1. The average Bonchev–Trinajstić information content (AvgIpc) is 3.31. The molecule has 1 N–H and O–H groups in total. The van der Waals surface area contributed by atoms with Crippen LogP contribution in [0.3, 0.4) is 0 Å². The molecule has 4 rings (SSSR count). The molecule has 2 heterocycles. The second-order valence-electron chi connectivity index (χ2n) is 6.83. The Hall–Kier alpha value is -2.93. The Kier molecular flexibility index (Phi) is 4.77. The number of rotatable bonds is 4. The van der Waals surface area contributed by atoms with Crippen LogP contribution in [-0.2, 0) is 0 Å². The minimum atomic E-state index is -0.345. The molecule has 0 aliphatic rings. The van der Waals surface area contributed by atoms with E-state index in [-0.39, 0.29) is 17.6 Å². The van der Waals surface area contributed by atoms with Crippen molar-refractivity contribution < 1.29 is 13.7 Å². The molecule has 28 heavy (non-hydrogen) atoms. The Bertz CT molecular complexity index is 1180. The fraction of sp³-hybridized carbons (Fsp3) is 0.190. The number of hydrogen-bond donors (Lipinski definition) is 1. The third kappa shape index (κ3) is 3.33. The van der Waals surface area contributed by atoms with Crippen molar-refractivity contribution in [2.75, 3.05) is 5.32 Å². The van der Waals surface area contributed by atoms with Crippen molar-refractivity contribution in [3.63, 3.8) is 0 Å². The van der Waals surface area contributed by atoms with Crippen molar-refractivity contribution in [1.82, 2.24) is 10.1 Å². The van der Waals surface area contributed by atoms with Crippen molar-refractivity contribution in [3.8, 4) is 11.5 Å². The number of para-hydroxylation sites is 2. The van der Waals surface area contributed by atoms with E-state index in [1.54, 1.807) is 6.07 Å². The number of hydrogen-bond acceptors (Lipinski definition) is 5. The number of fused-ring (bicyclic) bond motifs is 1. The van der Waals surface area contributed by atoms with Gasteiger partial charge in [0.1, 0.15) is 5.58 Å². The lowest BCUT2D eigenvalue weighted by Gasteiger charge is -2.10. The molecule has 0 saturated carbocycles. The molecule has 0 saturated heterocycles. The van der Waals surface area contributed by atoms with E-state index in [0.29, 0.717) is 28.5 Å². The zero-order valence-corrected chi connectivity index (χ0v) is 17.2. The van der Waals surface area contributed by atoms with Gasteiger partial charge in [-0.05, 0) is 46.6 Å². The summed E-state index contributed by atoms with van der Waals surface area (Å²) in [6, 6.07) is 13.0. The Morgan fingerprint density at radius 1 is 1.18 bits per heavy atom. The first-order valence-electron chi connectivity index (χ1n) is 8.87. The lowest BCUT2D eigenvalue weighted by atomic mass is 10.1. The number of anilines is 1. The Morgan fingerprint density at radius 2 is 1.96 bits per heavy atom. The molecule has 0 radical (unpaired) electrons. The second-order valence-corrected chi connectivity index (χ2v) is 7.69. The molecule has 2 aromatic heterocycles. The second kappa shape index (κ2) is 7.24. The molecule has 1 amide bonds. The van der Waals surface area contributed by atoms with Crippen LogP contribution < -0.4 is 5.32 Å². The summed E-state index contributed by atoms with van der Waals surface area (Å²) in [5.74, 6) is 1.02. The maximum atomic E-state index is 12.9. The van der Waals surface area contributed by atoms with Gasteiger partial charge in [0.25, 0.3) is 11.8 Å². The monoisotopic (exact) mass is 439 g/mol. The van der Waals surface area contributed by atoms with E-state index >= 15 is 0 Å². The van der Waals surface area contributed by atoms with Gasteiger partial charge < -0.3 is 14.3 Å². The zero-order valence-electron chi connectivity index (χ0n) is 15.6. The van der Waals surface area contributed by atoms with E-state index < -0.39 is 0 Å². The van der Waals surface area contributed by atoms with Gasteiger partial charge in [0.2, 0.25) is 0 Å². The highest BCUT2D eigenvalue weighted by Crippen LogP contribution is 2.32. The minimum absolute atomic E-state index is 0.148. The van der Waals surface area contributed by atoms with E-state index in [1.807, 2.05) is 57.2 Å². The maximum Gasteiger partial charge on any atom is 0.291 e. The van der Waals surface area contributed by atoms with E-state index in [1.165, 1.54) is 0 Å². The van der Waals surface area contributed by atoms with Crippen LogP contribution in [0.5, 0.6) is 0 Å². The molecule has 2 aromatic carbocycles. The first-order chi connectivity index (χ1) is 13.4. The lowest BCUT2D eigenvalue weighted by Crippen LogP contribution is -2.12. The zero-order chi connectivity index (χ0) is 19.8. The highest BCUT2D eigenvalue weighted by molar-refractivity contribution is 9.10. The summed E-state index contributed by atoms with van der Waals surface area (Å²) < 4.78 is 12.0. The van der Waals surface area contributed by atoms with Gasteiger partial charge in [-0.25, -0.2) is 0 Å². The predicted octanol–water partition coefficient (Wildman–Crippen LogP) is 5.93. The molecule has 0 spiro atoms. The molecule has 142 valence electrons. The highest BCUT2D eigenvalue weighted by Gasteiger charge is 2.20. The van der Waals surface area contributed by atoms with Crippen molar-refractivity contribution in [1.29, 1.82) is 0 Å². The van der Waals surface area contributed by atoms with Gasteiger partial charge in [0.05, 0.1) is 15.7 Å². The number of amides is 1. The van der Waals surface area contributed by atoms with E-state index in [4.69, 9.17) is 8.94 Å². The standard InChI is InChI=1S/C21H18BrN3O3/c1-11(2)19-24-21(28-25-19)14-8-4-6-12(3)17(14)23-20(26)16-10-13-7-5-9-15(22)18(13)27-16/h4-11H,1-3H3,(H,23,26). The minimum Gasteiger partial charge on any atom is -0.450 e. The average molecular weight is 440 g/mol. The topological polar surface area (TPSA) is 81.2 Å². The van der Waals surface area contributed by atoms with Crippen LogP contribution in [0.1, 0.15) is 41.7 Å². The fourth-order valence-electron chi connectivity index (χ4n) is 2.91. The van der Waals surface area contributed by atoms with Crippen LogP contribution in [0.25, 0.3) is 22.4 Å². The number of nitrogens with one attached hydrogen (secondary N) is 1. The summed E-state index contributed by atoms with van der Waals surface area (Å²) in [6.45, 7) is 5.90. The Labute approximate surface area is 170 Å². The summed E-state index contributed by atoms with van der Waals surface area (Å²) >= 11 is 3.44. The molecular weight excluding hydrogens is 422 g/mol. The van der Waals surface area contributed by atoms with E-state index in [2.05, 4.69) is 31.4 Å². The molecule has 4 aromatic rings. The van der Waals surface area contributed by atoms with Gasteiger partial charge in [-0.15, -0.1) is 0 Å². The molecule has 0 fully saturated rings. The van der Waals surface area contributed by atoms with Crippen LogP contribution in [0.4, 0.5) is 5.69 Å². The number of halogens is 1. The van der Waals surface area contributed by atoms with Crippen LogP contribution in [0.2, 0.25) is 0 Å². The molecule has 0 bridgehead atoms. The third-order valence-electron chi connectivity index (χ3n) is 4.42. The van der Waals surface area contributed by atoms with Gasteiger partial charge in [0.15, 0.2) is 11.6 Å². The van der Waals surface area contributed by atoms with Crippen LogP contribution in [-0.4, -0.2) is 16.0 Å². The normalized spacial score (nSPS) is 11.3. The van der Waals surface area contributed by atoms with Crippen LogP contribution >= 0.6 is 15.9 Å². The van der Waals surface area contributed by atoms with Gasteiger partial charge in [-0.1, -0.05) is 43.3 Å². The smallest absolute Gasteiger partial charge is 0.291 e. The molecular formula is C21H18BrN3O3. The van der Waals surface area contributed by atoms with Crippen molar-refractivity contribution >= 4 is 38.5 Å². The van der Waals surface area contributed by atoms with Gasteiger partial charge >= 0.3 is 0 Å². The molecule has 0 aliphatic heterocycles. The molecule has 7 heteroatoms. The van der Waals surface area contributed by atoms with Crippen molar-refractivity contribution in [2.45, 2.75) is 26.7 Å². The number of furan rings is 1. The summed E-state index contributed by atoms with van der Waals surface area (Å²) in [5, 5.41) is 7.80.